The van der Waals surface area contributed by atoms with E-state index in [0.717, 1.165) is 17.7 Å². The fourth-order valence-corrected chi connectivity index (χ4v) is 2.18. The van der Waals surface area contributed by atoms with E-state index in [1.165, 1.54) is 12.1 Å². The van der Waals surface area contributed by atoms with E-state index in [2.05, 4.69) is 0 Å². The van der Waals surface area contributed by atoms with Crippen molar-refractivity contribution in [1.82, 2.24) is 5.06 Å². The Morgan fingerprint density at radius 1 is 1.26 bits per heavy atom. The summed E-state index contributed by atoms with van der Waals surface area (Å²) in [6, 6.07) is 3.65. The average molecular weight is 274 g/mol. The molecular weight excluding hydrogens is 261 g/mol. The summed E-state index contributed by atoms with van der Waals surface area (Å²) in [7, 11) is 0. The number of amides is 2. The largest absolute Gasteiger partial charge is 0.416 e. The highest BCUT2D eigenvalue weighted by Gasteiger charge is 2.36. The average Bonchev–Trinajstić information content (AvgIpc) is 2.26. The third-order valence-corrected chi connectivity index (χ3v) is 3.39. The van der Waals surface area contributed by atoms with Crippen molar-refractivity contribution in [2.24, 2.45) is 5.73 Å². The molecule has 2 rings (SSSR count). The maximum atomic E-state index is 12.4. The molecule has 0 radical (unpaired) electrons. The Bertz CT molecular complexity index is 467. The summed E-state index contributed by atoms with van der Waals surface area (Å²) in [5.74, 6) is 0.0429. The van der Waals surface area contributed by atoms with Crippen LogP contribution in [-0.2, 0) is 6.18 Å². The van der Waals surface area contributed by atoms with Crippen LogP contribution in [0.4, 0.5) is 18.0 Å². The van der Waals surface area contributed by atoms with E-state index < -0.39 is 17.8 Å². The zero-order valence-electron chi connectivity index (χ0n) is 9.89. The number of primary amides is 1. The van der Waals surface area contributed by atoms with Crippen LogP contribution in [0.25, 0.3) is 0 Å². The number of rotatable bonds is 2. The van der Waals surface area contributed by atoms with Crippen molar-refractivity contribution in [2.45, 2.75) is 31.0 Å². The Labute approximate surface area is 107 Å². The summed E-state index contributed by atoms with van der Waals surface area (Å²) in [5, 5.41) is 9.74. The highest BCUT2D eigenvalue weighted by atomic mass is 19.4. The number of carbonyl (C=O) groups excluding carboxylic acids is 1. The van der Waals surface area contributed by atoms with Gasteiger partial charge in [0.05, 0.1) is 11.6 Å². The molecule has 0 heterocycles. The molecule has 1 saturated carbocycles. The SMILES string of the molecule is NC(=O)N(O)[C@H]1C[C@H](c2ccc(C(F)(F)F)cc2)C1. The molecule has 1 aliphatic carbocycles. The standard InChI is InChI=1S/C12H13F3N2O2/c13-12(14,15)9-3-1-7(2-4-9)8-5-10(6-8)17(19)11(16)18/h1-4,8,10,19H,5-6H2,(H2,16,18)/t8-,10-. The summed E-state index contributed by atoms with van der Waals surface area (Å²) in [6.07, 6.45) is -3.36. The first kappa shape index (κ1) is 13.7. The molecule has 0 aromatic heterocycles. The molecule has 3 N–H and O–H groups in total. The molecule has 2 amide bonds. The molecule has 0 unspecified atom stereocenters. The highest BCUT2D eigenvalue weighted by Crippen LogP contribution is 2.40. The van der Waals surface area contributed by atoms with Crippen LogP contribution in [0.3, 0.4) is 0 Å². The number of hydroxylamine groups is 2. The molecular formula is C12H13F3N2O2. The second-order valence-electron chi connectivity index (χ2n) is 4.62. The smallest absolute Gasteiger partial charge is 0.350 e. The number of hydrogen-bond acceptors (Lipinski definition) is 2. The molecule has 1 fully saturated rings. The zero-order valence-corrected chi connectivity index (χ0v) is 9.89. The topological polar surface area (TPSA) is 66.6 Å². The van der Waals surface area contributed by atoms with Crippen LogP contribution in [0.1, 0.15) is 29.9 Å². The van der Waals surface area contributed by atoms with E-state index in [9.17, 15) is 23.2 Å². The maximum absolute atomic E-state index is 12.4. The Morgan fingerprint density at radius 3 is 2.21 bits per heavy atom. The van der Waals surface area contributed by atoms with Gasteiger partial charge in [0.15, 0.2) is 0 Å². The number of hydrogen-bond donors (Lipinski definition) is 2. The monoisotopic (exact) mass is 274 g/mol. The van der Waals surface area contributed by atoms with Gasteiger partial charge in [0, 0.05) is 0 Å². The predicted octanol–water partition coefficient (Wildman–Crippen LogP) is 2.72. The molecule has 0 saturated heterocycles. The van der Waals surface area contributed by atoms with Crippen LogP contribution in [0.5, 0.6) is 0 Å². The highest BCUT2D eigenvalue weighted by molar-refractivity contribution is 5.71. The van der Waals surface area contributed by atoms with E-state index in [0.29, 0.717) is 17.9 Å². The van der Waals surface area contributed by atoms with Crippen LogP contribution in [0.2, 0.25) is 0 Å². The maximum Gasteiger partial charge on any atom is 0.416 e. The van der Waals surface area contributed by atoms with E-state index in [1.54, 1.807) is 0 Å². The fourth-order valence-electron chi connectivity index (χ4n) is 2.18. The summed E-state index contributed by atoms with van der Waals surface area (Å²) < 4.78 is 37.1. The molecule has 0 spiro atoms. The lowest BCUT2D eigenvalue weighted by Crippen LogP contribution is -2.47. The number of carbonyl (C=O) groups is 1. The summed E-state index contributed by atoms with van der Waals surface area (Å²) in [5.41, 5.74) is 4.99. The van der Waals surface area contributed by atoms with E-state index in [4.69, 9.17) is 5.73 Å². The van der Waals surface area contributed by atoms with Gasteiger partial charge in [-0.3, -0.25) is 5.21 Å². The molecule has 7 heteroatoms. The molecule has 4 nitrogen and oxygen atoms in total. The van der Waals surface area contributed by atoms with E-state index in [-0.39, 0.29) is 12.0 Å². The second kappa shape index (κ2) is 4.73. The van der Waals surface area contributed by atoms with Gasteiger partial charge in [0.1, 0.15) is 0 Å². The summed E-state index contributed by atoms with van der Waals surface area (Å²) in [6.45, 7) is 0. The predicted molar refractivity (Wildman–Crippen MR) is 60.4 cm³/mol. The van der Waals surface area contributed by atoms with Crippen molar-refractivity contribution >= 4 is 6.03 Å². The van der Waals surface area contributed by atoms with Gasteiger partial charge in [-0.25, -0.2) is 9.86 Å². The second-order valence-corrected chi connectivity index (χ2v) is 4.62. The lowest BCUT2D eigenvalue weighted by atomic mass is 9.75. The van der Waals surface area contributed by atoms with Crippen molar-refractivity contribution in [1.29, 1.82) is 0 Å². The van der Waals surface area contributed by atoms with Crippen molar-refractivity contribution < 1.29 is 23.2 Å². The van der Waals surface area contributed by atoms with E-state index in [1.807, 2.05) is 0 Å². The normalized spacial score (nSPS) is 22.7. The number of nitrogens with two attached hydrogens (primary N) is 1. The molecule has 1 aliphatic rings. The Morgan fingerprint density at radius 2 is 1.79 bits per heavy atom. The van der Waals surface area contributed by atoms with Gasteiger partial charge in [-0.15, -0.1) is 0 Å². The minimum Gasteiger partial charge on any atom is -0.350 e. The molecule has 104 valence electrons. The van der Waals surface area contributed by atoms with Gasteiger partial charge < -0.3 is 5.73 Å². The van der Waals surface area contributed by atoms with Gasteiger partial charge in [-0.1, -0.05) is 12.1 Å². The Balaban J connectivity index is 1.97. The van der Waals surface area contributed by atoms with Crippen LogP contribution in [0, 0.1) is 0 Å². The third kappa shape index (κ3) is 2.81. The fraction of sp³-hybridized carbons (Fsp3) is 0.417. The minimum atomic E-state index is -4.34. The Kier molecular flexibility index (Phi) is 3.40. The molecule has 1 aromatic rings. The molecule has 0 bridgehead atoms. The van der Waals surface area contributed by atoms with Crippen molar-refractivity contribution in [2.75, 3.05) is 0 Å². The quantitative estimate of drug-likeness (QED) is 0.643. The van der Waals surface area contributed by atoms with Crippen LogP contribution in [-0.4, -0.2) is 22.3 Å². The van der Waals surface area contributed by atoms with Crippen molar-refractivity contribution in [3.05, 3.63) is 35.4 Å². The van der Waals surface area contributed by atoms with Gasteiger partial charge >= 0.3 is 12.2 Å². The minimum absolute atomic E-state index is 0.0429. The van der Waals surface area contributed by atoms with Crippen LogP contribution < -0.4 is 5.73 Å². The van der Waals surface area contributed by atoms with E-state index >= 15 is 0 Å². The lowest BCUT2D eigenvalue weighted by molar-refractivity contribution is -0.137. The van der Waals surface area contributed by atoms with Gasteiger partial charge in [0.2, 0.25) is 0 Å². The summed E-state index contributed by atoms with van der Waals surface area (Å²) >= 11 is 0. The first-order chi connectivity index (χ1) is 8.79. The molecule has 1 aromatic carbocycles. The first-order valence-electron chi connectivity index (χ1n) is 5.73. The van der Waals surface area contributed by atoms with Crippen molar-refractivity contribution in [3.63, 3.8) is 0 Å². The number of urea groups is 1. The number of alkyl halides is 3. The first-order valence-corrected chi connectivity index (χ1v) is 5.73. The summed E-state index contributed by atoms with van der Waals surface area (Å²) in [4.78, 5) is 10.7. The van der Waals surface area contributed by atoms with Gasteiger partial charge in [-0.05, 0) is 36.5 Å². The van der Waals surface area contributed by atoms with Crippen LogP contribution >= 0.6 is 0 Å². The van der Waals surface area contributed by atoms with Gasteiger partial charge in [-0.2, -0.15) is 13.2 Å². The zero-order chi connectivity index (χ0) is 14.2. The molecule has 0 atom stereocenters. The Hall–Kier alpha value is -1.76. The molecule has 0 aliphatic heterocycles. The van der Waals surface area contributed by atoms with Crippen molar-refractivity contribution in [3.8, 4) is 0 Å². The lowest BCUT2D eigenvalue weighted by Gasteiger charge is -2.39. The third-order valence-electron chi connectivity index (χ3n) is 3.39. The number of nitrogens with zero attached hydrogens (tertiary/aromatic N) is 1. The molecule has 19 heavy (non-hydrogen) atoms. The van der Waals surface area contributed by atoms with Gasteiger partial charge in [0.25, 0.3) is 0 Å². The number of benzene rings is 1. The number of halogens is 3. The van der Waals surface area contributed by atoms with Crippen LogP contribution in [0.15, 0.2) is 24.3 Å².